The fourth-order valence-electron chi connectivity index (χ4n) is 4.59. The van der Waals surface area contributed by atoms with Gasteiger partial charge in [-0.05, 0) is 61.1 Å². The molecule has 1 heterocycles. The SMILES string of the molecule is CC(C)(N)CC(=O)NC1CCc2ccccc2N(Cc2ccc(-c3ccccc3C(N)=O)cc2)C1=O. The quantitative estimate of drug-likeness (QED) is 0.475. The van der Waals surface area contributed by atoms with E-state index < -0.39 is 17.5 Å². The summed E-state index contributed by atoms with van der Waals surface area (Å²) in [6.07, 6.45) is 1.34. The molecule has 1 aliphatic rings. The molecule has 5 N–H and O–H groups in total. The topological polar surface area (TPSA) is 119 Å². The number of aryl methyl sites for hydroxylation is 1. The first-order valence-electron chi connectivity index (χ1n) is 12.1. The Morgan fingerprint density at radius 1 is 1.00 bits per heavy atom. The van der Waals surface area contributed by atoms with Crippen LogP contribution in [0.1, 0.15) is 48.2 Å². The number of hydrogen-bond donors (Lipinski definition) is 3. The van der Waals surface area contributed by atoms with E-state index in [4.69, 9.17) is 11.5 Å². The van der Waals surface area contributed by atoms with Gasteiger partial charge in [0.2, 0.25) is 17.7 Å². The fraction of sp³-hybridized carbons (Fsp3) is 0.276. The van der Waals surface area contributed by atoms with E-state index in [1.54, 1.807) is 30.9 Å². The Kier molecular flexibility index (Phi) is 7.22. The molecule has 0 aromatic heterocycles. The number of fused-ring (bicyclic) bond motifs is 1. The van der Waals surface area contributed by atoms with Crippen molar-refractivity contribution in [2.75, 3.05) is 4.90 Å². The molecule has 1 atom stereocenters. The van der Waals surface area contributed by atoms with Crippen molar-refractivity contribution >= 4 is 23.4 Å². The van der Waals surface area contributed by atoms with Gasteiger partial charge in [0.05, 0.1) is 6.54 Å². The first-order chi connectivity index (χ1) is 17.1. The summed E-state index contributed by atoms with van der Waals surface area (Å²) in [4.78, 5) is 39.8. The highest BCUT2D eigenvalue weighted by molar-refractivity contribution is 6.01. The van der Waals surface area contributed by atoms with Crippen molar-refractivity contribution in [2.45, 2.75) is 51.2 Å². The van der Waals surface area contributed by atoms with Crippen molar-refractivity contribution in [1.29, 1.82) is 0 Å². The first kappa shape index (κ1) is 25.1. The summed E-state index contributed by atoms with van der Waals surface area (Å²) in [6.45, 7) is 3.92. The van der Waals surface area contributed by atoms with E-state index in [2.05, 4.69) is 5.32 Å². The largest absolute Gasteiger partial charge is 0.366 e. The summed E-state index contributed by atoms with van der Waals surface area (Å²) in [5.41, 5.74) is 15.8. The molecular weight excluding hydrogens is 452 g/mol. The number of para-hydroxylation sites is 1. The number of nitrogens with zero attached hydrogens (tertiary/aromatic N) is 1. The van der Waals surface area contributed by atoms with E-state index in [0.717, 1.165) is 27.9 Å². The predicted molar refractivity (Wildman–Crippen MR) is 141 cm³/mol. The number of primary amides is 1. The summed E-state index contributed by atoms with van der Waals surface area (Å²) >= 11 is 0. The fourth-order valence-corrected chi connectivity index (χ4v) is 4.59. The van der Waals surface area contributed by atoms with Crippen molar-refractivity contribution in [3.8, 4) is 11.1 Å². The predicted octanol–water partition coefficient (Wildman–Crippen LogP) is 3.54. The molecule has 0 spiro atoms. The Morgan fingerprint density at radius 2 is 1.67 bits per heavy atom. The van der Waals surface area contributed by atoms with Gasteiger partial charge in [0.1, 0.15) is 6.04 Å². The third-order valence-electron chi connectivity index (χ3n) is 6.30. The number of carbonyl (C=O) groups is 3. The van der Waals surface area contributed by atoms with Crippen LogP contribution in [-0.2, 0) is 22.6 Å². The number of amides is 3. The summed E-state index contributed by atoms with van der Waals surface area (Å²) in [5, 5.41) is 2.91. The minimum atomic E-state index is -0.657. The minimum Gasteiger partial charge on any atom is -0.366 e. The van der Waals surface area contributed by atoms with Crippen LogP contribution in [0.5, 0.6) is 0 Å². The van der Waals surface area contributed by atoms with Gasteiger partial charge in [0, 0.05) is 23.2 Å². The van der Waals surface area contributed by atoms with Crippen LogP contribution in [-0.4, -0.2) is 29.3 Å². The molecule has 3 aromatic carbocycles. The summed E-state index contributed by atoms with van der Waals surface area (Å²) in [6, 6.07) is 22.2. The summed E-state index contributed by atoms with van der Waals surface area (Å²) in [7, 11) is 0. The maximum atomic E-state index is 13.7. The van der Waals surface area contributed by atoms with Crippen molar-refractivity contribution in [1.82, 2.24) is 5.32 Å². The Balaban J connectivity index is 1.59. The number of anilines is 1. The number of nitrogens with one attached hydrogen (secondary N) is 1. The number of carbonyl (C=O) groups excluding carboxylic acids is 3. The molecular formula is C29H32N4O3. The smallest absolute Gasteiger partial charge is 0.249 e. The monoisotopic (exact) mass is 484 g/mol. The van der Waals surface area contributed by atoms with Gasteiger partial charge in [-0.1, -0.05) is 60.7 Å². The lowest BCUT2D eigenvalue weighted by Crippen LogP contribution is -2.49. The van der Waals surface area contributed by atoms with Crippen LogP contribution in [0, 0.1) is 0 Å². The highest BCUT2D eigenvalue weighted by Crippen LogP contribution is 2.30. The molecule has 0 bridgehead atoms. The maximum Gasteiger partial charge on any atom is 0.249 e. The second-order valence-electron chi connectivity index (χ2n) is 9.98. The van der Waals surface area contributed by atoms with Gasteiger partial charge in [-0.3, -0.25) is 14.4 Å². The molecule has 4 rings (SSSR count). The highest BCUT2D eigenvalue weighted by Gasteiger charge is 2.32. The Labute approximate surface area is 211 Å². The van der Waals surface area contributed by atoms with E-state index in [1.807, 2.05) is 60.7 Å². The molecule has 3 aromatic rings. The highest BCUT2D eigenvalue weighted by atomic mass is 16.2. The standard InChI is InChI=1S/C29H32N4O3/c1-29(2,31)17-26(34)32-24-16-15-21-7-3-6-10-25(21)33(28(24)36)18-19-11-13-20(14-12-19)22-8-4-5-9-23(22)27(30)35/h3-14,24H,15-18,31H2,1-2H3,(H2,30,35)(H,32,34). The van der Waals surface area contributed by atoms with Crippen LogP contribution >= 0.6 is 0 Å². The van der Waals surface area contributed by atoms with E-state index in [0.29, 0.717) is 24.9 Å². The Morgan fingerprint density at radius 3 is 2.36 bits per heavy atom. The van der Waals surface area contributed by atoms with Crippen molar-refractivity contribution < 1.29 is 14.4 Å². The molecule has 1 aliphatic heterocycles. The van der Waals surface area contributed by atoms with Crippen LogP contribution in [0.3, 0.4) is 0 Å². The average Bonchev–Trinajstić information content (AvgIpc) is 2.96. The lowest BCUT2D eigenvalue weighted by Gasteiger charge is -2.27. The van der Waals surface area contributed by atoms with Gasteiger partial charge in [-0.25, -0.2) is 0 Å². The molecule has 7 heteroatoms. The number of hydrogen-bond acceptors (Lipinski definition) is 4. The summed E-state index contributed by atoms with van der Waals surface area (Å²) < 4.78 is 0. The van der Waals surface area contributed by atoms with Crippen LogP contribution in [0.2, 0.25) is 0 Å². The normalized spacial score (nSPS) is 15.7. The lowest BCUT2D eigenvalue weighted by molar-refractivity contribution is -0.128. The minimum absolute atomic E-state index is 0.137. The van der Waals surface area contributed by atoms with Crippen LogP contribution < -0.4 is 21.7 Å². The zero-order chi connectivity index (χ0) is 25.9. The molecule has 7 nitrogen and oxygen atoms in total. The van der Waals surface area contributed by atoms with E-state index in [1.165, 1.54) is 0 Å². The average molecular weight is 485 g/mol. The third-order valence-corrected chi connectivity index (χ3v) is 6.30. The van der Waals surface area contributed by atoms with E-state index in [9.17, 15) is 14.4 Å². The van der Waals surface area contributed by atoms with Gasteiger partial charge >= 0.3 is 0 Å². The lowest BCUT2D eigenvalue weighted by atomic mass is 9.98. The van der Waals surface area contributed by atoms with Crippen LogP contribution in [0.15, 0.2) is 72.8 Å². The maximum absolute atomic E-state index is 13.7. The molecule has 0 saturated heterocycles. The second kappa shape index (κ2) is 10.3. The van der Waals surface area contributed by atoms with Gasteiger partial charge in [-0.15, -0.1) is 0 Å². The van der Waals surface area contributed by atoms with Gasteiger partial charge < -0.3 is 21.7 Å². The Hall–Kier alpha value is -3.97. The zero-order valence-corrected chi connectivity index (χ0v) is 20.7. The van der Waals surface area contributed by atoms with Gasteiger partial charge in [0.25, 0.3) is 0 Å². The van der Waals surface area contributed by atoms with E-state index in [-0.39, 0.29) is 18.2 Å². The van der Waals surface area contributed by atoms with Crippen LogP contribution in [0.25, 0.3) is 11.1 Å². The molecule has 186 valence electrons. The number of benzene rings is 3. The number of rotatable bonds is 7. The van der Waals surface area contributed by atoms with Crippen molar-refractivity contribution in [3.05, 3.63) is 89.5 Å². The molecule has 3 amide bonds. The molecule has 0 saturated carbocycles. The van der Waals surface area contributed by atoms with Gasteiger partial charge in [0.15, 0.2) is 0 Å². The summed E-state index contributed by atoms with van der Waals surface area (Å²) in [5.74, 6) is -0.858. The molecule has 0 fully saturated rings. The molecule has 1 unspecified atom stereocenters. The third kappa shape index (κ3) is 5.80. The zero-order valence-electron chi connectivity index (χ0n) is 20.7. The molecule has 0 radical (unpaired) electrons. The van der Waals surface area contributed by atoms with E-state index >= 15 is 0 Å². The van der Waals surface area contributed by atoms with Crippen molar-refractivity contribution in [2.24, 2.45) is 11.5 Å². The van der Waals surface area contributed by atoms with Gasteiger partial charge in [-0.2, -0.15) is 0 Å². The van der Waals surface area contributed by atoms with Crippen molar-refractivity contribution in [3.63, 3.8) is 0 Å². The number of nitrogens with two attached hydrogens (primary N) is 2. The molecule has 36 heavy (non-hydrogen) atoms. The Bertz CT molecular complexity index is 1280. The first-order valence-corrected chi connectivity index (χ1v) is 12.1. The molecule has 0 aliphatic carbocycles. The van der Waals surface area contributed by atoms with Crippen LogP contribution in [0.4, 0.5) is 5.69 Å². The second-order valence-corrected chi connectivity index (χ2v) is 9.98.